The van der Waals surface area contributed by atoms with Crippen molar-refractivity contribution in [2.45, 2.75) is 102 Å². The molecule has 0 aromatic heterocycles. The average Bonchev–Trinajstić information content (AvgIpc) is 3.24. The van der Waals surface area contributed by atoms with Crippen LogP contribution in [0.3, 0.4) is 0 Å². The van der Waals surface area contributed by atoms with Crippen molar-refractivity contribution in [1.82, 2.24) is 0 Å². The van der Waals surface area contributed by atoms with Crippen LogP contribution in [0.15, 0.2) is 11.6 Å². The number of aliphatic hydroxyl groups excluding tert-OH is 1. The zero-order chi connectivity index (χ0) is 19.2. The van der Waals surface area contributed by atoms with Crippen LogP contribution in [-0.4, -0.2) is 28.8 Å². The maximum absolute atomic E-state index is 14.8. The molecule has 5 aliphatic carbocycles. The minimum Gasteiger partial charge on any atom is -0.386 e. The van der Waals surface area contributed by atoms with Crippen molar-refractivity contribution in [1.29, 1.82) is 0 Å². The lowest BCUT2D eigenvalue weighted by atomic mass is 9.47. The Labute approximate surface area is 161 Å². The van der Waals surface area contributed by atoms with Crippen LogP contribution >= 0.6 is 0 Å². The fraction of sp³-hybridized carbons (Fsp3) is 0.913. The largest absolute Gasteiger partial charge is 0.386 e. The van der Waals surface area contributed by atoms with Crippen LogP contribution in [0.25, 0.3) is 0 Å². The Kier molecular flexibility index (Phi) is 3.82. The number of allylic oxidation sites excluding steroid dienone is 1. The molecular formula is C23H34F2O2. The molecule has 2 nitrogen and oxygen atoms in total. The van der Waals surface area contributed by atoms with Crippen molar-refractivity contribution < 1.29 is 18.6 Å². The molecule has 4 fully saturated rings. The maximum Gasteiger partial charge on any atom is 0.295 e. The Morgan fingerprint density at radius 3 is 2.41 bits per heavy atom. The summed E-state index contributed by atoms with van der Waals surface area (Å²) in [5.41, 5.74) is 0.0986. The Hall–Kier alpha value is -0.480. The van der Waals surface area contributed by atoms with Crippen molar-refractivity contribution in [3.8, 4) is 0 Å². The minimum atomic E-state index is -3.05. The summed E-state index contributed by atoms with van der Waals surface area (Å²) in [5.74, 6) is -1.66. The van der Waals surface area contributed by atoms with Gasteiger partial charge in [0.2, 0.25) is 0 Å². The SMILES string of the molecule is CC1(OC2CC[C@H]3[C@@H]4CC=C5C(F)(F)C(O)CC[C@]5(C)[C@H]4CC[C@]23C)CC1. The number of hydrogen-bond donors (Lipinski definition) is 1. The zero-order valence-electron chi connectivity index (χ0n) is 16.9. The Morgan fingerprint density at radius 1 is 0.963 bits per heavy atom. The summed E-state index contributed by atoms with van der Waals surface area (Å²) in [6.07, 6.45) is 9.09. The Morgan fingerprint density at radius 2 is 1.70 bits per heavy atom. The zero-order valence-corrected chi connectivity index (χ0v) is 16.9. The fourth-order valence-electron chi connectivity index (χ4n) is 7.51. The van der Waals surface area contributed by atoms with Gasteiger partial charge < -0.3 is 9.84 Å². The summed E-state index contributed by atoms with van der Waals surface area (Å²) in [5, 5.41) is 9.92. The standard InChI is InChI=1S/C23H34F2O2/c1-20(12-13-20)27-19-7-5-15-14-4-6-17-21(2,11-9-18(26)23(17,24)25)16(14)8-10-22(15,19)3/h6,14-16,18-19,26H,4-5,7-13H2,1-3H3/t14-,15-,16-,18?,19?,21+,22-/m0/s1. The normalized spacial score (nSPS) is 52.4. The van der Waals surface area contributed by atoms with Crippen LogP contribution in [0.5, 0.6) is 0 Å². The van der Waals surface area contributed by atoms with Crippen LogP contribution in [0.2, 0.25) is 0 Å². The molecule has 2 unspecified atom stereocenters. The van der Waals surface area contributed by atoms with Crippen molar-refractivity contribution in [3.05, 3.63) is 11.6 Å². The van der Waals surface area contributed by atoms with E-state index in [0.29, 0.717) is 30.3 Å². The fourth-order valence-corrected chi connectivity index (χ4v) is 7.51. The number of ether oxygens (including phenoxy) is 1. The second-order valence-corrected chi connectivity index (χ2v) is 11.0. The number of rotatable bonds is 2. The van der Waals surface area contributed by atoms with Gasteiger partial charge >= 0.3 is 0 Å². The highest BCUT2D eigenvalue weighted by Crippen LogP contribution is 2.67. The van der Waals surface area contributed by atoms with E-state index in [1.807, 2.05) is 6.08 Å². The summed E-state index contributed by atoms with van der Waals surface area (Å²) in [7, 11) is 0. The molecule has 5 rings (SSSR count). The molecule has 0 heterocycles. The van der Waals surface area contributed by atoms with Gasteiger partial charge in [-0.05, 0) is 93.3 Å². The third-order valence-corrected chi connectivity index (χ3v) is 9.47. The Balaban J connectivity index is 1.45. The number of fused-ring (bicyclic) bond motifs is 5. The van der Waals surface area contributed by atoms with Crippen LogP contribution in [0.4, 0.5) is 8.78 Å². The molecule has 152 valence electrons. The van der Waals surface area contributed by atoms with Gasteiger partial charge in [0.15, 0.2) is 0 Å². The molecular weight excluding hydrogens is 346 g/mol. The Bertz CT molecular complexity index is 669. The molecule has 0 amide bonds. The lowest BCUT2D eigenvalue weighted by Gasteiger charge is -2.58. The van der Waals surface area contributed by atoms with Crippen molar-refractivity contribution in [2.75, 3.05) is 0 Å². The minimum absolute atomic E-state index is 0.104. The van der Waals surface area contributed by atoms with Gasteiger partial charge in [0.25, 0.3) is 5.92 Å². The van der Waals surface area contributed by atoms with Gasteiger partial charge in [-0.15, -0.1) is 0 Å². The third kappa shape index (κ3) is 2.48. The van der Waals surface area contributed by atoms with E-state index in [1.54, 1.807) is 0 Å². The van der Waals surface area contributed by atoms with Gasteiger partial charge in [0.1, 0.15) is 6.10 Å². The molecule has 0 radical (unpaired) electrons. The van der Waals surface area contributed by atoms with E-state index < -0.39 is 17.4 Å². The van der Waals surface area contributed by atoms with Gasteiger partial charge in [-0.1, -0.05) is 19.9 Å². The highest BCUT2D eigenvalue weighted by atomic mass is 19.3. The average molecular weight is 381 g/mol. The van der Waals surface area contributed by atoms with Gasteiger partial charge in [-0.2, -0.15) is 8.78 Å². The first-order valence-corrected chi connectivity index (χ1v) is 11.0. The molecule has 27 heavy (non-hydrogen) atoms. The summed E-state index contributed by atoms with van der Waals surface area (Å²) < 4.78 is 36.2. The first-order valence-electron chi connectivity index (χ1n) is 11.0. The first-order chi connectivity index (χ1) is 12.6. The second kappa shape index (κ2) is 5.56. The second-order valence-electron chi connectivity index (χ2n) is 11.0. The summed E-state index contributed by atoms with van der Waals surface area (Å²) in [6.45, 7) is 6.71. The van der Waals surface area contributed by atoms with E-state index in [9.17, 15) is 13.9 Å². The van der Waals surface area contributed by atoms with Crippen LogP contribution in [0.1, 0.15) is 78.6 Å². The highest BCUT2D eigenvalue weighted by molar-refractivity contribution is 5.32. The van der Waals surface area contributed by atoms with Crippen molar-refractivity contribution in [3.63, 3.8) is 0 Å². The van der Waals surface area contributed by atoms with Gasteiger partial charge in [0.05, 0.1) is 11.7 Å². The van der Waals surface area contributed by atoms with Crippen molar-refractivity contribution in [2.24, 2.45) is 28.6 Å². The van der Waals surface area contributed by atoms with Gasteiger partial charge in [-0.3, -0.25) is 0 Å². The van der Waals surface area contributed by atoms with E-state index in [1.165, 1.54) is 19.3 Å². The molecule has 0 spiro atoms. The molecule has 0 aromatic rings. The van der Waals surface area contributed by atoms with E-state index in [2.05, 4.69) is 20.8 Å². The third-order valence-electron chi connectivity index (χ3n) is 9.47. The van der Waals surface area contributed by atoms with Crippen LogP contribution < -0.4 is 0 Å². The molecule has 1 N–H and O–H groups in total. The summed E-state index contributed by atoms with van der Waals surface area (Å²) in [4.78, 5) is 0. The quantitative estimate of drug-likeness (QED) is 0.642. The molecule has 0 bridgehead atoms. The van der Waals surface area contributed by atoms with E-state index >= 15 is 0 Å². The van der Waals surface area contributed by atoms with Crippen molar-refractivity contribution >= 4 is 0 Å². The predicted molar refractivity (Wildman–Crippen MR) is 101 cm³/mol. The summed E-state index contributed by atoms with van der Waals surface area (Å²) in [6, 6.07) is 0. The highest BCUT2D eigenvalue weighted by Gasteiger charge is 2.64. The van der Waals surface area contributed by atoms with E-state index in [-0.39, 0.29) is 23.0 Å². The molecule has 0 aliphatic heterocycles. The monoisotopic (exact) mass is 380 g/mol. The molecule has 4 saturated carbocycles. The lowest BCUT2D eigenvalue weighted by Crippen LogP contribution is -2.56. The smallest absolute Gasteiger partial charge is 0.295 e. The lowest BCUT2D eigenvalue weighted by molar-refractivity contribution is -0.151. The topological polar surface area (TPSA) is 29.5 Å². The number of halogens is 2. The van der Waals surface area contributed by atoms with Crippen LogP contribution in [0, 0.1) is 28.6 Å². The van der Waals surface area contributed by atoms with E-state index in [0.717, 1.165) is 25.7 Å². The molecule has 7 atom stereocenters. The summed E-state index contributed by atoms with van der Waals surface area (Å²) >= 11 is 0. The van der Waals surface area contributed by atoms with Gasteiger partial charge in [-0.25, -0.2) is 0 Å². The predicted octanol–water partition coefficient (Wildman–Crippen LogP) is 5.49. The van der Waals surface area contributed by atoms with Crippen LogP contribution in [-0.2, 0) is 4.74 Å². The number of aliphatic hydroxyl groups is 1. The van der Waals surface area contributed by atoms with Gasteiger partial charge in [0, 0.05) is 5.57 Å². The molecule has 5 aliphatic rings. The first kappa shape index (κ1) is 18.5. The number of alkyl halides is 2. The molecule has 0 aromatic carbocycles. The number of hydrogen-bond acceptors (Lipinski definition) is 2. The molecule has 4 heteroatoms. The maximum atomic E-state index is 14.8. The molecule has 0 saturated heterocycles. The van der Waals surface area contributed by atoms with E-state index in [4.69, 9.17) is 4.74 Å².